The highest BCUT2D eigenvalue weighted by molar-refractivity contribution is 6.00. The van der Waals surface area contributed by atoms with Gasteiger partial charge in [-0.15, -0.1) is 0 Å². The Kier molecular flexibility index (Phi) is 37.5. The van der Waals surface area contributed by atoms with Gasteiger partial charge in [-0.05, 0) is 125 Å². The number of carbonyl (C=O) groups excluding carboxylic acids is 12. The quantitative estimate of drug-likeness (QED) is 0.0294. The van der Waals surface area contributed by atoms with Gasteiger partial charge in [-0.25, -0.2) is 4.79 Å². The molecule has 552 valence electrons. The summed E-state index contributed by atoms with van der Waals surface area (Å²) in [6, 6.07) is -11.3. The number of carboxylic acid groups (broad SMARTS) is 2. The van der Waals surface area contributed by atoms with Crippen molar-refractivity contribution in [2.75, 3.05) is 26.2 Å². The van der Waals surface area contributed by atoms with Crippen molar-refractivity contribution < 1.29 is 87.5 Å². The normalized spacial score (nSPS) is 16.6. The van der Waals surface area contributed by atoms with Gasteiger partial charge in [0.15, 0.2) is 0 Å². The first kappa shape index (κ1) is 85.5. The van der Waals surface area contributed by atoms with Crippen molar-refractivity contribution in [3.63, 3.8) is 0 Å². The third-order valence-corrected chi connectivity index (χ3v) is 16.8. The minimum Gasteiger partial charge on any atom is -0.508 e. The number of phenolic OH excluding ortho intramolecular Hbond substituents is 1. The number of likely N-dealkylation sites (tertiary alicyclic amines) is 1. The number of phenols is 1. The van der Waals surface area contributed by atoms with Crippen molar-refractivity contribution in [3.8, 4) is 5.75 Å². The molecule has 12 amide bonds. The monoisotopic (exact) mass is 1390 g/mol. The van der Waals surface area contributed by atoms with Crippen LogP contribution in [0.25, 0.3) is 0 Å². The number of aliphatic carboxylic acids is 2. The summed E-state index contributed by atoms with van der Waals surface area (Å²) in [4.78, 5) is 192. The van der Waals surface area contributed by atoms with Gasteiger partial charge in [-0.2, -0.15) is 0 Å². The van der Waals surface area contributed by atoms with E-state index in [1.165, 1.54) is 29.2 Å². The Morgan fingerprint density at radius 2 is 0.990 bits per heavy atom. The van der Waals surface area contributed by atoms with Crippen molar-refractivity contribution in [2.45, 2.75) is 232 Å². The van der Waals surface area contributed by atoms with Crippen LogP contribution in [0.5, 0.6) is 5.75 Å². The topological polar surface area (TPSA) is 548 Å². The molecule has 0 bridgehead atoms. The Hall–Kier alpha value is -8.56. The molecule has 1 heterocycles. The van der Waals surface area contributed by atoms with Gasteiger partial charge in [0.2, 0.25) is 70.9 Å². The smallest absolute Gasteiger partial charge is 0.326 e. The minimum absolute atomic E-state index is 0.00276. The van der Waals surface area contributed by atoms with Crippen LogP contribution in [0.1, 0.15) is 158 Å². The lowest BCUT2D eigenvalue weighted by Gasteiger charge is -2.32. The van der Waals surface area contributed by atoms with Crippen molar-refractivity contribution in [2.24, 2.45) is 52.5 Å². The summed E-state index contributed by atoms with van der Waals surface area (Å²) < 4.78 is 0. The molecular formula is C65H109N15O18. The summed E-state index contributed by atoms with van der Waals surface area (Å²) in [7, 11) is 0. The highest BCUT2D eigenvalue weighted by Gasteiger charge is 2.42. The number of aliphatic hydroxyl groups excluding tert-OH is 1. The van der Waals surface area contributed by atoms with E-state index in [0.29, 0.717) is 37.7 Å². The van der Waals surface area contributed by atoms with E-state index in [2.05, 4.69) is 53.2 Å². The number of nitrogens with two attached hydrogens (primary N) is 4. The van der Waals surface area contributed by atoms with Gasteiger partial charge in [0.1, 0.15) is 72.2 Å². The van der Waals surface area contributed by atoms with Gasteiger partial charge >= 0.3 is 11.9 Å². The van der Waals surface area contributed by atoms with Crippen LogP contribution in [-0.2, 0) is 73.5 Å². The van der Waals surface area contributed by atoms with Gasteiger partial charge in [0.25, 0.3) is 0 Å². The molecule has 0 radical (unpaired) electrons. The molecule has 0 saturated carbocycles. The molecule has 0 unspecified atom stereocenters. The highest BCUT2D eigenvalue weighted by Crippen LogP contribution is 2.22. The standard InChI is InChI=1S/C65H109N15O18/c1-11-37(10)53(79-54(86)40(24-25-48(68)83)70-60(92)50(69)34(4)5)63(95)78-52(36(8)9)62(94)74-44(30-38-20-22-39(82)23-21-38)56(88)71-41(17-12-14-26-66)64(96)80-28-16-19-47(80)59(91)77-51(35(6)7)61(93)75-45(31-49(84)85)57(89)73-43(29-33(2)3)55(87)76-46(32-81)58(90)72-42(65(97)98)18-13-15-27-67/h20-23,33-37,40-47,50-53,81-82H,11-19,24-32,66-67,69H2,1-10H3,(H2,68,83)(H,70,92)(H,71,88)(H,72,90)(H,73,89)(H,74,94)(H,75,93)(H,76,87)(H,77,91)(H,78,95)(H,79,86)(H,84,85)(H,97,98)/t37-,40-,41-,42-,43-,44-,45-,46-,47-,50-,51-,52-,53-/m0/s1. The van der Waals surface area contributed by atoms with Crippen molar-refractivity contribution >= 4 is 82.8 Å². The second-order valence-corrected chi connectivity index (χ2v) is 26.4. The van der Waals surface area contributed by atoms with E-state index < -0.39 is 186 Å². The molecule has 33 heteroatoms. The highest BCUT2D eigenvalue weighted by atomic mass is 16.4. The van der Waals surface area contributed by atoms with E-state index in [1.54, 1.807) is 69.2 Å². The number of carbonyl (C=O) groups is 14. The number of nitrogens with one attached hydrogen (secondary N) is 10. The molecule has 98 heavy (non-hydrogen) atoms. The maximum Gasteiger partial charge on any atom is 0.326 e. The van der Waals surface area contributed by atoms with Crippen molar-refractivity contribution in [3.05, 3.63) is 29.8 Å². The molecule has 1 aliphatic rings. The van der Waals surface area contributed by atoms with E-state index >= 15 is 0 Å². The predicted octanol–water partition coefficient (Wildman–Crippen LogP) is -2.76. The summed E-state index contributed by atoms with van der Waals surface area (Å²) in [6.07, 6.45) is 0.317. The zero-order valence-corrected chi connectivity index (χ0v) is 58.1. The number of carboxylic acids is 2. The lowest BCUT2D eigenvalue weighted by molar-refractivity contribution is -0.143. The second kappa shape index (κ2) is 43.0. The Bertz CT molecular complexity index is 2860. The van der Waals surface area contributed by atoms with Gasteiger partial charge in [-0.1, -0.05) is 87.8 Å². The predicted molar refractivity (Wildman–Crippen MR) is 358 cm³/mol. The first-order valence-electron chi connectivity index (χ1n) is 33.6. The van der Waals surface area contributed by atoms with Crippen LogP contribution in [0, 0.1) is 29.6 Å². The second-order valence-electron chi connectivity index (χ2n) is 26.4. The van der Waals surface area contributed by atoms with Crippen LogP contribution in [0.2, 0.25) is 0 Å². The summed E-state index contributed by atoms with van der Waals surface area (Å²) >= 11 is 0. The van der Waals surface area contributed by atoms with Crippen LogP contribution in [0.15, 0.2) is 24.3 Å². The van der Waals surface area contributed by atoms with E-state index in [1.807, 2.05) is 0 Å². The molecule has 1 fully saturated rings. The summed E-state index contributed by atoms with van der Waals surface area (Å²) in [5.74, 6) is -16.2. The SMILES string of the molecule is CC[C@H](C)[C@H](NC(=O)[C@H](CCC(N)=O)NC(=O)[C@@H](N)C(C)C)C(=O)N[C@H](C(=O)N[C@@H](Cc1ccc(O)cc1)C(=O)N[C@@H](CCCCN)C(=O)N1CCC[C@H]1C(=O)N[C@H](C(=O)N[C@@H](CC(=O)O)C(=O)N[C@@H](CC(C)C)C(=O)N[C@@H](CO)C(=O)N[C@@H](CCCCN)C(=O)O)C(C)C)C(C)C. The largest absolute Gasteiger partial charge is 0.508 e. The number of aliphatic hydroxyl groups is 1. The molecule has 1 saturated heterocycles. The molecule has 1 aromatic rings. The van der Waals surface area contributed by atoms with E-state index in [0.717, 1.165) is 0 Å². The van der Waals surface area contributed by atoms with Gasteiger partial charge < -0.3 is 101 Å². The molecule has 2 rings (SSSR count). The number of rotatable bonds is 45. The number of hydrogen-bond acceptors (Lipinski definition) is 19. The molecule has 13 atom stereocenters. The maximum absolute atomic E-state index is 14.9. The molecule has 0 aliphatic carbocycles. The lowest BCUT2D eigenvalue weighted by atomic mass is 9.95. The number of nitrogens with zero attached hydrogens (tertiary/aromatic N) is 1. The zero-order valence-electron chi connectivity index (χ0n) is 58.1. The first-order valence-corrected chi connectivity index (χ1v) is 33.6. The van der Waals surface area contributed by atoms with E-state index in [9.17, 15) is 87.5 Å². The number of amides is 12. The lowest BCUT2D eigenvalue weighted by Crippen LogP contribution is -2.62. The average molecular weight is 1390 g/mol. The number of benzene rings is 1. The summed E-state index contributed by atoms with van der Waals surface area (Å²) in [5, 5.41) is 65.2. The molecule has 1 aromatic carbocycles. The number of aromatic hydroxyl groups is 1. The van der Waals surface area contributed by atoms with Crippen LogP contribution in [0.3, 0.4) is 0 Å². The fourth-order valence-corrected chi connectivity index (χ4v) is 10.6. The molecule has 0 aromatic heterocycles. The van der Waals surface area contributed by atoms with Gasteiger partial charge in [0, 0.05) is 19.4 Å². The molecule has 1 aliphatic heterocycles. The van der Waals surface area contributed by atoms with Gasteiger partial charge in [-0.3, -0.25) is 62.3 Å². The third-order valence-electron chi connectivity index (χ3n) is 16.8. The Morgan fingerprint density at radius 3 is 1.50 bits per heavy atom. The number of primary amides is 1. The van der Waals surface area contributed by atoms with E-state index in [4.69, 9.17) is 22.9 Å². The van der Waals surface area contributed by atoms with Gasteiger partial charge in [0.05, 0.1) is 19.1 Å². The molecule has 33 nitrogen and oxygen atoms in total. The molecular weight excluding hydrogens is 1280 g/mol. The first-order chi connectivity index (χ1) is 46.0. The van der Waals surface area contributed by atoms with Crippen LogP contribution < -0.4 is 76.1 Å². The fourth-order valence-electron chi connectivity index (χ4n) is 10.6. The Labute approximate surface area is 572 Å². The van der Waals surface area contributed by atoms with Crippen molar-refractivity contribution in [1.29, 1.82) is 0 Å². The Balaban J connectivity index is 2.49. The number of hydrogen-bond donors (Lipinski definition) is 18. The van der Waals surface area contributed by atoms with Crippen LogP contribution >= 0.6 is 0 Å². The third kappa shape index (κ3) is 28.9. The fraction of sp³-hybridized carbons (Fsp3) is 0.692. The minimum atomic E-state index is -1.87. The Morgan fingerprint density at radius 1 is 0.531 bits per heavy atom. The zero-order chi connectivity index (χ0) is 74.3. The molecule has 0 spiro atoms. The average Bonchev–Trinajstić information content (AvgIpc) is 1.48. The number of unbranched alkanes of at least 4 members (excludes halogenated alkanes) is 2. The van der Waals surface area contributed by atoms with Crippen LogP contribution in [-0.4, -0.2) is 207 Å². The molecule has 22 N–H and O–H groups in total. The van der Waals surface area contributed by atoms with Crippen LogP contribution in [0.4, 0.5) is 0 Å². The summed E-state index contributed by atoms with van der Waals surface area (Å²) in [5.41, 5.74) is 23.2. The summed E-state index contributed by atoms with van der Waals surface area (Å²) in [6.45, 7) is 16.0. The van der Waals surface area contributed by atoms with E-state index in [-0.39, 0.29) is 88.6 Å². The van der Waals surface area contributed by atoms with Crippen molar-refractivity contribution in [1.82, 2.24) is 58.1 Å². The maximum atomic E-state index is 14.9.